The van der Waals surface area contributed by atoms with Crippen LogP contribution in [0.2, 0.25) is 0 Å². The van der Waals surface area contributed by atoms with Gasteiger partial charge in [0.15, 0.2) is 0 Å². The summed E-state index contributed by atoms with van der Waals surface area (Å²) in [5, 5.41) is 10.8. The van der Waals surface area contributed by atoms with E-state index in [0.717, 1.165) is 18.4 Å². The molecule has 0 bridgehead atoms. The molecule has 0 radical (unpaired) electrons. The molecule has 1 fully saturated rings. The zero-order chi connectivity index (χ0) is 14.7. The lowest BCUT2D eigenvalue weighted by atomic mass is 9.77. The number of ether oxygens (including phenoxy) is 2. The van der Waals surface area contributed by atoms with Gasteiger partial charge < -0.3 is 14.6 Å². The monoisotopic (exact) mass is 280 g/mol. The summed E-state index contributed by atoms with van der Waals surface area (Å²) in [7, 11) is 1.71. The molecular weight excluding hydrogens is 256 g/mol. The average Bonchev–Trinajstić information content (AvgIpc) is 2.88. The van der Waals surface area contributed by atoms with Gasteiger partial charge in [-0.3, -0.25) is 0 Å². The summed E-state index contributed by atoms with van der Waals surface area (Å²) >= 11 is 0. The van der Waals surface area contributed by atoms with Crippen molar-refractivity contribution in [2.75, 3.05) is 13.7 Å². The van der Waals surface area contributed by atoms with Crippen molar-refractivity contribution in [3.05, 3.63) is 11.1 Å². The molecule has 112 valence electrons. The zero-order valence-electron chi connectivity index (χ0n) is 12.7. The maximum atomic E-state index is 11.9. The normalized spacial score (nSPS) is 43.0. The minimum atomic E-state index is -0.569. The van der Waals surface area contributed by atoms with Gasteiger partial charge in [-0.15, -0.1) is 0 Å². The van der Waals surface area contributed by atoms with Crippen LogP contribution in [-0.2, 0) is 14.3 Å². The largest absolute Gasteiger partial charge is 0.458 e. The second-order valence-electron chi connectivity index (χ2n) is 7.56. The van der Waals surface area contributed by atoms with Crippen molar-refractivity contribution in [2.45, 2.75) is 51.7 Å². The highest BCUT2D eigenvalue weighted by Gasteiger charge is 2.55. The lowest BCUT2D eigenvalue weighted by Crippen LogP contribution is -2.41. The Kier molecular flexibility index (Phi) is 3.04. The first kappa shape index (κ1) is 14.1. The fourth-order valence-corrected chi connectivity index (χ4v) is 4.47. The lowest BCUT2D eigenvalue weighted by Gasteiger charge is -2.37. The van der Waals surface area contributed by atoms with Gasteiger partial charge in [0.25, 0.3) is 0 Å². The molecule has 1 N–H and O–H groups in total. The van der Waals surface area contributed by atoms with E-state index in [1.807, 2.05) is 0 Å². The number of cyclic esters (lactones) is 1. The minimum Gasteiger partial charge on any atom is -0.458 e. The van der Waals surface area contributed by atoms with Crippen LogP contribution in [0.4, 0.5) is 0 Å². The second kappa shape index (κ2) is 4.31. The Morgan fingerprint density at radius 3 is 2.65 bits per heavy atom. The van der Waals surface area contributed by atoms with Gasteiger partial charge in [0.2, 0.25) is 0 Å². The quantitative estimate of drug-likeness (QED) is 0.747. The first-order valence-electron chi connectivity index (χ1n) is 7.40. The highest BCUT2D eigenvalue weighted by molar-refractivity contribution is 5.92. The van der Waals surface area contributed by atoms with Gasteiger partial charge in [-0.25, -0.2) is 4.79 Å². The maximum Gasteiger partial charge on any atom is 0.334 e. The Labute approximate surface area is 120 Å². The summed E-state index contributed by atoms with van der Waals surface area (Å²) in [6.45, 7) is 6.81. The van der Waals surface area contributed by atoms with E-state index in [-0.39, 0.29) is 29.8 Å². The number of hydrogen-bond donors (Lipinski definition) is 1. The number of carbonyl (C=O) groups is 1. The third kappa shape index (κ3) is 1.92. The van der Waals surface area contributed by atoms with E-state index < -0.39 is 11.7 Å². The highest BCUT2D eigenvalue weighted by atomic mass is 16.5. The van der Waals surface area contributed by atoms with Crippen LogP contribution in [0.15, 0.2) is 11.1 Å². The molecule has 4 heteroatoms. The molecule has 3 aliphatic rings. The van der Waals surface area contributed by atoms with E-state index in [9.17, 15) is 9.90 Å². The molecule has 1 saturated carbocycles. The van der Waals surface area contributed by atoms with Crippen molar-refractivity contribution in [3.63, 3.8) is 0 Å². The third-order valence-electron chi connectivity index (χ3n) is 5.61. The molecule has 0 aromatic heterocycles. The molecule has 0 aromatic rings. The summed E-state index contributed by atoms with van der Waals surface area (Å²) in [6, 6.07) is 0. The number of rotatable bonds is 1. The van der Waals surface area contributed by atoms with E-state index in [0.29, 0.717) is 12.0 Å². The summed E-state index contributed by atoms with van der Waals surface area (Å²) < 4.78 is 11.0. The number of hydrogen-bond acceptors (Lipinski definition) is 4. The SMILES string of the molecule is CO[C@@]1(C)CC2=C(COC2=O)[C@@H](O)[C@@H]2CC(C)(C)C[C@@H]21. The van der Waals surface area contributed by atoms with Crippen LogP contribution in [0, 0.1) is 17.3 Å². The van der Waals surface area contributed by atoms with E-state index in [4.69, 9.17) is 9.47 Å². The first-order chi connectivity index (χ1) is 9.27. The minimum absolute atomic E-state index is 0.150. The molecule has 2 aliphatic carbocycles. The molecule has 3 rings (SSSR count). The van der Waals surface area contributed by atoms with Crippen molar-refractivity contribution in [1.82, 2.24) is 0 Å². The van der Waals surface area contributed by atoms with Crippen molar-refractivity contribution in [2.24, 2.45) is 17.3 Å². The molecule has 1 heterocycles. The van der Waals surface area contributed by atoms with Crippen molar-refractivity contribution < 1.29 is 19.4 Å². The van der Waals surface area contributed by atoms with Crippen LogP contribution >= 0.6 is 0 Å². The number of aliphatic hydroxyl groups is 1. The van der Waals surface area contributed by atoms with Crippen LogP contribution in [0.3, 0.4) is 0 Å². The Bertz CT molecular complexity index is 479. The molecule has 0 aromatic carbocycles. The number of fused-ring (bicyclic) bond motifs is 1. The second-order valence-corrected chi connectivity index (χ2v) is 7.56. The van der Waals surface area contributed by atoms with E-state index >= 15 is 0 Å². The van der Waals surface area contributed by atoms with E-state index in [1.165, 1.54) is 0 Å². The fraction of sp³-hybridized carbons (Fsp3) is 0.812. The topological polar surface area (TPSA) is 55.8 Å². The molecule has 20 heavy (non-hydrogen) atoms. The van der Waals surface area contributed by atoms with Crippen molar-refractivity contribution in [3.8, 4) is 0 Å². The fourth-order valence-electron chi connectivity index (χ4n) is 4.47. The molecule has 1 aliphatic heterocycles. The van der Waals surface area contributed by atoms with Gasteiger partial charge in [0, 0.05) is 24.7 Å². The van der Waals surface area contributed by atoms with Crippen molar-refractivity contribution >= 4 is 5.97 Å². The first-order valence-corrected chi connectivity index (χ1v) is 7.40. The van der Waals surface area contributed by atoms with Gasteiger partial charge in [0.1, 0.15) is 6.61 Å². The van der Waals surface area contributed by atoms with Crippen LogP contribution < -0.4 is 0 Å². The van der Waals surface area contributed by atoms with E-state index in [2.05, 4.69) is 20.8 Å². The molecule has 4 atom stereocenters. The van der Waals surface area contributed by atoms with Crippen LogP contribution in [-0.4, -0.2) is 36.5 Å². The smallest absolute Gasteiger partial charge is 0.334 e. The highest BCUT2D eigenvalue weighted by Crippen LogP contribution is 2.56. The molecule has 0 saturated heterocycles. The number of carbonyl (C=O) groups excluding carboxylic acids is 1. The zero-order valence-corrected chi connectivity index (χ0v) is 12.7. The standard InChI is InChI=1S/C16H24O4/c1-15(2)5-10-12(7-15)16(3,19-4)6-9-11(13(10)17)8-20-14(9)18/h10,12-13,17H,5-8H2,1-4H3/t10-,12+,13+,16+/m1/s1. The summed E-state index contributed by atoms with van der Waals surface area (Å²) in [6.07, 6.45) is 1.96. The summed E-state index contributed by atoms with van der Waals surface area (Å²) in [5.41, 5.74) is 1.25. The molecule has 0 unspecified atom stereocenters. The van der Waals surface area contributed by atoms with Gasteiger partial charge >= 0.3 is 5.97 Å². The predicted molar refractivity (Wildman–Crippen MR) is 74.0 cm³/mol. The lowest BCUT2D eigenvalue weighted by molar-refractivity contribution is -0.137. The third-order valence-corrected chi connectivity index (χ3v) is 5.61. The Morgan fingerprint density at radius 2 is 2.00 bits per heavy atom. The number of aliphatic hydroxyl groups excluding tert-OH is 1. The van der Waals surface area contributed by atoms with Gasteiger partial charge in [0.05, 0.1) is 11.7 Å². The van der Waals surface area contributed by atoms with Gasteiger partial charge in [-0.1, -0.05) is 13.8 Å². The average molecular weight is 280 g/mol. The number of methoxy groups -OCH3 is 1. The molecule has 0 spiro atoms. The van der Waals surface area contributed by atoms with Gasteiger partial charge in [-0.2, -0.15) is 0 Å². The van der Waals surface area contributed by atoms with Crippen LogP contribution in [0.5, 0.6) is 0 Å². The molecule has 4 nitrogen and oxygen atoms in total. The summed E-state index contributed by atoms with van der Waals surface area (Å²) in [4.78, 5) is 11.9. The number of esters is 1. The Hall–Kier alpha value is -0.870. The van der Waals surface area contributed by atoms with Crippen LogP contribution in [0.1, 0.15) is 40.0 Å². The predicted octanol–water partition coefficient (Wildman–Crippen LogP) is 2.06. The molecular formula is C16H24O4. The summed E-state index contributed by atoms with van der Waals surface area (Å²) in [5.74, 6) is 0.148. The Balaban J connectivity index is 2.06. The van der Waals surface area contributed by atoms with E-state index in [1.54, 1.807) is 7.11 Å². The van der Waals surface area contributed by atoms with Crippen LogP contribution in [0.25, 0.3) is 0 Å². The van der Waals surface area contributed by atoms with Gasteiger partial charge in [-0.05, 0) is 37.0 Å². The Morgan fingerprint density at radius 1 is 1.30 bits per heavy atom. The van der Waals surface area contributed by atoms with Crippen molar-refractivity contribution in [1.29, 1.82) is 0 Å². The molecule has 0 amide bonds. The maximum absolute atomic E-state index is 11.9.